The van der Waals surface area contributed by atoms with Gasteiger partial charge in [0.2, 0.25) is 0 Å². The largest absolute Gasteiger partial charge is 0.478 e. The van der Waals surface area contributed by atoms with Crippen LogP contribution in [-0.2, 0) is 0 Å². The quantitative estimate of drug-likeness (QED) is 0.582. The second-order valence-corrected chi connectivity index (χ2v) is 4.58. The Balaban J connectivity index is 2.34. The fourth-order valence-electron chi connectivity index (χ4n) is 1.81. The number of benzene rings is 2. The van der Waals surface area contributed by atoms with Gasteiger partial charge in [-0.25, -0.2) is 9.59 Å². The van der Waals surface area contributed by atoms with Crippen LogP contribution in [0.25, 0.3) is 0 Å². The van der Waals surface area contributed by atoms with E-state index in [1.54, 1.807) is 6.92 Å². The van der Waals surface area contributed by atoms with E-state index in [2.05, 4.69) is 10.5 Å². The Morgan fingerprint density at radius 2 is 1.41 bits per heavy atom. The molecule has 0 saturated heterocycles. The maximum Gasteiger partial charge on any atom is 0.335 e. The molecule has 0 bridgehead atoms. The van der Waals surface area contributed by atoms with E-state index < -0.39 is 11.9 Å². The summed E-state index contributed by atoms with van der Waals surface area (Å²) in [5.74, 6) is -2.37. The Kier molecular flexibility index (Phi) is 4.53. The molecule has 0 unspecified atom stereocenters. The van der Waals surface area contributed by atoms with Gasteiger partial charge in [-0.2, -0.15) is 5.10 Å². The van der Waals surface area contributed by atoms with Gasteiger partial charge >= 0.3 is 11.9 Å². The maximum atomic E-state index is 11.1. The summed E-state index contributed by atoms with van der Waals surface area (Å²) in [6.45, 7) is 1.67. The predicted molar refractivity (Wildman–Crippen MR) is 82.6 cm³/mol. The summed E-state index contributed by atoms with van der Waals surface area (Å²) in [6.07, 6.45) is 0. The van der Waals surface area contributed by atoms with Crippen molar-refractivity contribution in [2.45, 2.75) is 6.92 Å². The predicted octanol–water partition coefficient (Wildman–Crippen LogP) is 2.92. The molecule has 2 rings (SSSR count). The lowest BCUT2D eigenvalue weighted by atomic mass is 10.0. The standard InChI is InChI=1S/C16H14N2O4/c1-10(17-18-14-5-3-2-4-6-14)11-7-12(15(19)20)9-13(8-11)16(21)22/h2-9,18H,1H3,(H,19,20)(H,21,22). The molecule has 6 heteroatoms. The Hall–Kier alpha value is -3.15. The molecule has 0 fully saturated rings. The minimum Gasteiger partial charge on any atom is -0.478 e. The number of para-hydroxylation sites is 1. The zero-order valence-corrected chi connectivity index (χ0v) is 11.8. The van der Waals surface area contributed by atoms with Gasteiger partial charge in [0.25, 0.3) is 0 Å². The first-order valence-electron chi connectivity index (χ1n) is 6.45. The van der Waals surface area contributed by atoms with Gasteiger partial charge in [0, 0.05) is 0 Å². The normalized spacial score (nSPS) is 11.0. The van der Waals surface area contributed by atoms with Crippen LogP contribution in [-0.4, -0.2) is 27.9 Å². The lowest BCUT2D eigenvalue weighted by molar-refractivity contribution is 0.0696. The SMILES string of the molecule is CC(=NNc1ccccc1)c1cc(C(=O)O)cc(C(=O)O)c1. The van der Waals surface area contributed by atoms with Crippen LogP contribution in [0.15, 0.2) is 53.6 Å². The Bertz CT molecular complexity index is 707. The molecular formula is C16H14N2O4. The molecule has 0 aliphatic rings. The number of nitrogens with one attached hydrogen (secondary N) is 1. The number of carbonyl (C=O) groups is 2. The van der Waals surface area contributed by atoms with Gasteiger partial charge in [0.05, 0.1) is 22.5 Å². The van der Waals surface area contributed by atoms with Crippen molar-refractivity contribution in [1.82, 2.24) is 0 Å². The zero-order chi connectivity index (χ0) is 16.1. The summed E-state index contributed by atoms with van der Waals surface area (Å²) >= 11 is 0. The van der Waals surface area contributed by atoms with Crippen molar-refractivity contribution < 1.29 is 19.8 Å². The Morgan fingerprint density at radius 3 is 1.91 bits per heavy atom. The van der Waals surface area contributed by atoms with Crippen LogP contribution in [0.3, 0.4) is 0 Å². The van der Waals surface area contributed by atoms with Crippen molar-refractivity contribution in [2.24, 2.45) is 5.10 Å². The number of hydrogen-bond acceptors (Lipinski definition) is 4. The van der Waals surface area contributed by atoms with Gasteiger partial charge in [0.1, 0.15) is 0 Å². The van der Waals surface area contributed by atoms with Crippen LogP contribution in [0.1, 0.15) is 33.2 Å². The number of hydrogen-bond donors (Lipinski definition) is 3. The Morgan fingerprint density at radius 1 is 0.909 bits per heavy atom. The third-order valence-corrected chi connectivity index (χ3v) is 2.97. The molecule has 0 aliphatic carbocycles. The van der Waals surface area contributed by atoms with Gasteiger partial charge < -0.3 is 10.2 Å². The lowest BCUT2D eigenvalue weighted by Gasteiger charge is -2.06. The summed E-state index contributed by atoms with van der Waals surface area (Å²) in [5.41, 5.74) is 4.33. The lowest BCUT2D eigenvalue weighted by Crippen LogP contribution is -2.07. The minimum absolute atomic E-state index is 0.0934. The van der Waals surface area contributed by atoms with Crippen LogP contribution in [0.2, 0.25) is 0 Å². The van der Waals surface area contributed by atoms with Crippen LogP contribution < -0.4 is 5.43 Å². The first-order chi connectivity index (χ1) is 10.5. The van der Waals surface area contributed by atoms with Crippen LogP contribution in [0, 0.1) is 0 Å². The number of anilines is 1. The first kappa shape index (κ1) is 15.2. The molecule has 3 N–H and O–H groups in total. The average Bonchev–Trinajstić information content (AvgIpc) is 2.53. The van der Waals surface area contributed by atoms with Crippen LogP contribution >= 0.6 is 0 Å². The number of hydrazone groups is 1. The van der Waals surface area contributed by atoms with Crippen molar-refractivity contribution in [1.29, 1.82) is 0 Å². The summed E-state index contributed by atoms with van der Waals surface area (Å²) < 4.78 is 0. The monoisotopic (exact) mass is 298 g/mol. The molecule has 6 nitrogen and oxygen atoms in total. The molecule has 112 valence electrons. The van der Waals surface area contributed by atoms with Gasteiger partial charge in [-0.1, -0.05) is 18.2 Å². The highest BCUT2D eigenvalue weighted by atomic mass is 16.4. The summed E-state index contributed by atoms with van der Waals surface area (Å²) in [4.78, 5) is 22.2. The van der Waals surface area contributed by atoms with Gasteiger partial charge in [-0.15, -0.1) is 0 Å². The molecular weight excluding hydrogens is 284 g/mol. The van der Waals surface area contributed by atoms with Gasteiger partial charge in [-0.05, 0) is 42.8 Å². The minimum atomic E-state index is -1.19. The van der Waals surface area contributed by atoms with E-state index in [0.717, 1.165) is 11.8 Å². The smallest absolute Gasteiger partial charge is 0.335 e. The van der Waals surface area contributed by atoms with E-state index in [-0.39, 0.29) is 11.1 Å². The average molecular weight is 298 g/mol. The van der Waals surface area contributed by atoms with E-state index in [0.29, 0.717) is 11.3 Å². The van der Waals surface area contributed by atoms with Crippen molar-refractivity contribution in [3.63, 3.8) is 0 Å². The third-order valence-electron chi connectivity index (χ3n) is 2.97. The van der Waals surface area contributed by atoms with Crippen molar-refractivity contribution >= 4 is 23.3 Å². The molecule has 0 atom stereocenters. The van der Waals surface area contributed by atoms with Crippen molar-refractivity contribution in [3.8, 4) is 0 Å². The van der Waals surface area contributed by atoms with Gasteiger partial charge in [0.15, 0.2) is 0 Å². The summed E-state index contributed by atoms with van der Waals surface area (Å²) in [5, 5.41) is 22.3. The zero-order valence-electron chi connectivity index (χ0n) is 11.8. The second-order valence-electron chi connectivity index (χ2n) is 4.58. The van der Waals surface area contributed by atoms with E-state index in [1.165, 1.54) is 12.1 Å². The molecule has 2 aromatic rings. The van der Waals surface area contributed by atoms with E-state index in [1.807, 2.05) is 30.3 Å². The Labute approximate surface area is 126 Å². The van der Waals surface area contributed by atoms with Crippen LogP contribution in [0.4, 0.5) is 5.69 Å². The molecule has 0 heterocycles. The number of carboxylic acid groups (broad SMARTS) is 2. The second kappa shape index (κ2) is 6.53. The van der Waals surface area contributed by atoms with E-state index in [9.17, 15) is 9.59 Å². The summed E-state index contributed by atoms with van der Waals surface area (Å²) in [6, 6.07) is 13.1. The molecule has 0 aliphatic heterocycles. The molecule has 2 aromatic carbocycles. The highest BCUT2D eigenvalue weighted by molar-refractivity contribution is 6.04. The maximum absolute atomic E-state index is 11.1. The molecule has 22 heavy (non-hydrogen) atoms. The number of aromatic carboxylic acids is 2. The van der Waals surface area contributed by atoms with E-state index in [4.69, 9.17) is 10.2 Å². The van der Waals surface area contributed by atoms with Gasteiger partial charge in [-0.3, -0.25) is 5.43 Å². The van der Waals surface area contributed by atoms with Crippen molar-refractivity contribution in [3.05, 3.63) is 65.2 Å². The molecule has 0 radical (unpaired) electrons. The number of carboxylic acids is 2. The molecule has 0 saturated carbocycles. The summed E-state index contributed by atoms with van der Waals surface area (Å²) in [7, 11) is 0. The highest BCUT2D eigenvalue weighted by Gasteiger charge is 2.12. The first-order valence-corrected chi connectivity index (χ1v) is 6.45. The molecule has 0 aromatic heterocycles. The topological polar surface area (TPSA) is 99.0 Å². The third kappa shape index (κ3) is 3.69. The number of rotatable bonds is 5. The van der Waals surface area contributed by atoms with Crippen molar-refractivity contribution in [2.75, 3.05) is 5.43 Å². The fourth-order valence-corrected chi connectivity index (χ4v) is 1.81. The van der Waals surface area contributed by atoms with E-state index >= 15 is 0 Å². The fraction of sp³-hybridized carbons (Fsp3) is 0.0625. The number of nitrogens with zero attached hydrogens (tertiary/aromatic N) is 1. The van der Waals surface area contributed by atoms with Crippen LogP contribution in [0.5, 0.6) is 0 Å². The molecule has 0 spiro atoms. The molecule has 0 amide bonds. The highest BCUT2D eigenvalue weighted by Crippen LogP contribution is 2.13.